The average molecular weight is 334 g/mol. The van der Waals surface area contributed by atoms with Crippen molar-refractivity contribution < 1.29 is 18.3 Å². The first kappa shape index (κ1) is 13.4. The van der Waals surface area contributed by atoms with Gasteiger partial charge in [0.2, 0.25) is 10.0 Å². The van der Waals surface area contributed by atoms with Gasteiger partial charge in [0.15, 0.2) is 0 Å². The lowest BCUT2D eigenvalue weighted by molar-refractivity contribution is 0.0697. The molecule has 1 aromatic rings. The van der Waals surface area contributed by atoms with Crippen LogP contribution in [0.4, 0.5) is 5.69 Å². The number of hydrogen-bond acceptors (Lipinski definition) is 3. The molecule has 1 aliphatic heterocycles. The molecule has 1 aliphatic rings. The summed E-state index contributed by atoms with van der Waals surface area (Å²) < 4.78 is 25.7. The molecular weight excluding hydrogens is 322 g/mol. The highest BCUT2D eigenvalue weighted by Gasteiger charge is 2.35. The Balaban J connectivity index is 2.55. The van der Waals surface area contributed by atoms with E-state index in [2.05, 4.69) is 15.9 Å². The van der Waals surface area contributed by atoms with E-state index in [0.717, 1.165) is 0 Å². The third-order valence-corrected chi connectivity index (χ3v) is 5.27. The Morgan fingerprint density at radius 2 is 2.17 bits per heavy atom. The minimum atomic E-state index is -3.40. The zero-order chi connectivity index (χ0) is 13.5. The van der Waals surface area contributed by atoms with Crippen molar-refractivity contribution in [1.29, 1.82) is 0 Å². The molecule has 1 atom stereocenters. The summed E-state index contributed by atoms with van der Waals surface area (Å²) in [6.45, 7) is 2.15. The number of hydrogen-bond donors (Lipinski definition) is 1. The maximum atomic E-state index is 12.0. The van der Waals surface area contributed by atoms with Gasteiger partial charge < -0.3 is 5.11 Å². The van der Waals surface area contributed by atoms with Crippen LogP contribution in [0.1, 0.15) is 17.3 Å². The Kier molecular flexibility index (Phi) is 3.37. The summed E-state index contributed by atoms with van der Waals surface area (Å²) in [7, 11) is -3.40. The van der Waals surface area contributed by atoms with E-state index in [4.69, 9.17) is 5.11 Å². The van der Waals surface area contributed by atoms with Gasteiger partial charge in [-0.1, -0.05) is 22.9 Å². The van der Waals surface area contributed by atoms with Crippen molar-refractivity contribution in [3.8, 4) is 0 Å². The van der Waals surface area contributed by atoms with Crippen LogP contribution in [0.5, 0.6) is 0 Å². The Labute approximate surface area is 114 Å². The second kappa shape index (κ2) is 4.55. The van der Waals surface area contributed by atoms with Crippen molar-refractivity contribution in [2.45, 2.75) is 6.92 Å². The summed E-state index contributed by atoms with van der Waals surface area (Å²) >= 11 is 3.18. The minimum Gasteiger partial charge on any atom is -0.478 e. The van der Waals surface area contributed by atoms with Gasteiger partial charge in [0.05, 0.1) is 17.0 Å². The highest BCUT2D eigenvalue weighted by molar-refractivity contribution is 9.10. The smallest absolute Gasteiger partial charge is 0.337 e. The molecule has 1 aromatic carbocycles. The number of rotatable bonds is 2. The Hall–Kier alpha value is -1.08. The Bertz CT molecular complexity index is 599. The second-order valence-electron chi connectivity index (χ2n) is 4.38. The zero-order valence-electron chi connectivity index (χ0n) is 9.63. The zero-order valence-corrected chi connectivity index (χ0v) is 12.0. The van der Waals surface area contributed by atoms with Gasteiger partial charge in [0, 0.05) is 11.0 Å². The van der Waals surface area contributed by atoms with E-state index in [9.17, 15) is 13.2 Å². The van der Waals surface area contributed by atoms with Gasteiger partial charge in [-0.2, -0.15) is 0 Å². The maximum absolute atomic E-state index is 12.0. The van der Waals surface area contributed by atoms with Crippen LogP contribution in [0.15, 0.2) is 22.7 Å². The molecule has 0 radical (unpaired) electrons. The van der Waals surface area contributed by atoms with Crippen LogP contribution in [0.25, 0.3) is 0 Å². The molecule has 0 bridgehead atoms. The summed E-state index contributed by atoms with van der Waals surface area (Å²) in [5, 5.41) is 9.14. The SMILES string of the molecule is CC1CN(c2ccc(Br)cc2C(=O)O)S(=O)(=O)C1. The van der Waals surface area contributed by atoms with Crippen molar-refractivity contribution in [2.24, 2.45) is 5.92 Å². The third kappa shape index (κ3) is 2.37. The van der Waals surface area contributed by atoms with Crippen molar-refractivity contribution in [2.75, 3.05) is 16.6 Å². The summed E-state index contributed by atoms with van der Waals surface area (Å²) in [4.78, 5) is 11.2. The second-order valence-corrected chi connectivity index (χ2v) is 7.24. The van der Waals surface area contributed by atoms with Crippen LogP contribution >= 0.6 is 15.9 Å². The molecule has 18 heavy (non-hydrogen) atoms. The number of carbonyl (C=O) groups is 1. The third-order valence-electron chi connectivity index (χ3n) is 2.77. The fourth-order valence-corrected chi connectivity index (χ4v) is 4.35. The molecule has 0 saturated carbocycles. The molecule has 1 fully saturated rings. The lowest BCUT2D eigenvalue weighted by Gasteiger charge is -2.19. The van der Waals surface area contributed by atoms with Crippen LogP contribution in [-0.4, -0.2) is 31.8 Å². The summed E-state index contributed by atoms with van der Waals surface area (Å²) in [5.41, 5.74) is 0.220. The molecule has 5 nitrogen and oxygen atoms in total. The average Bonchev–Trinajstić information content (AvgIpc) is 2.51. The predicted molar refractivity (Wildman–Crippen MR) is 71.4 cm³/mol. The molecule has 2 rings (SSSR count). The van der Waals surface area contributed by atoms with Gasteiger partial charge in [0.25, 0.3) is 0 Å². The van der Waals surface area contributed by atoms with Crippen LogP contribution < -0.4 is 4.31 Å². The monoisotopic (exact) mass is 333 g/mol. The fourth-order valence-electron chi connectivity index (χ4n) is 2.04. The standard InChI is InChI=1S/C11H12BrNO4S/c1-7-5-13(18(16,17)6-7)10-3-2-8(12)4-9(10)11(14)15/h2-4,7H,5-6H2,1H3,(H,14,15). The van der Waals surface area contributed by atoms with Gasteiger partial charge in [0.1, 0.15) is 0 Å². The fraction of sp³-hybridized carbons (Fsp3) is 0.364. The maximum Gasteiger partial charge on any atom is 0.337 e. The number of halogens is 1. The summed E-state index contributed by atoms with van der Waals surface area (Å²) in [5.74, 6) is -1.08. The van der Waals surface area contributed by atoms with Gasteiger partial charge in [-0.15, -0.1) is 0 Å². The van der Waals surface area contributed by atoms with Crippen molar-refractivity contribution in [3.05, 3.63) is 28.2 Å². The number of benzene rings is 1. The van der Waals surface area contributed by atoms with Crippen LogP contribution in [0, 0.1) is 5.92 Å². The highest BCUT2D eigenvalue weighted by Crippen LogP contribution is 2.31. The molecule has 0 amide bonds. The van der Waals surface area contributed by atoms with Crippen molar-refractivity contribution >= 4 is 37.6 Å². The number of carboxylic acid groups (broad SMARTS) is 1. The molecule has 1 N–H and O–H groups in total. The van der Waals surface area contributed by atoms with Crippen molar-refractivity contribution in [1.82, 2.24) is 0 Å². The van der Waals surface area contributed by atoms with E-state index in [1.807, 2.05) is 6.92 Å². The van der Waals surface area contributed by atoms with Gasteiger partial charge in [-0.25, -0.2) is 13.2 Å². The van der Waals surface area contributed by atoms with E-state index in [1.54, 1.807) is 6.07 Å². The van der Waals surface area contributed by atoms with E-state index < -0.39 is 16.0 Å². The molecule has 98 valence electrons. The van der Waals surface area contributed by atoms with Gasteiger partial charge in [-0.3, -0.25) is 4.31 Å². The summed E-state index contributed by atoms with van der Waals surface area (Å²) in [6, 6.07) is 4.57. The van der Waals surface area contributed by atoms with Crippen LogP contribution in [0.2, 0.25) is 0 Å². The van der Waals surface area contributed by atoms with Crippen LogP contribution in [-0.2, 0) is 10.0 Å². The topological polar surface area (TPSA) is 74.7 Å². The Morgan fingerprint density at radius 1 is 1.50 bits per heavy atom. The van der Waals surface area contributed by atoms with Gasteiger partial charge >= 0.3 is 5.97 Å². The first-order valence-corrected chi connectivity index (χ1v) is 7.75. The lowest BCUT2D eigenvalue weighted by Crippen LogP contribution is -2.27. The summed E-state index contributed by atoms with van der Waals surface area (Å²) in [6.07, 6.45) is 0. The molecule has 1 saturated heterocycles. The van der Waals surface area contributed by atoms with Gasteiger partial charge in [-0.05, 0) is 24.1 Å². The molecule has 7 heteroatoms. The molecular formula is C11H12BrNO4S. The highest BCUT2D eigenvalue weighted by atomic mass is 79.9. The van der Waals surface area contributed by atoms with Crippen LogP contribution in [0.3, 0.4) is 0 Å². The normalized spacial score (nSPS) is 22.1. The number of anilines is 1. The molecule has 1 heterocycles. The first-order valence-electron chi connectivity index (χ1n) is 5.34. The number of carboxylic acids is 1. The Morgan fingerprint density at radius 3 is 2.67 bits per heavy atom. The molecule has 0 spiro atoms. The largest absolute Gasteiger partial charge is 0.478 e. The van der Waals surface area contributed by atoms with E-state index >= 15 is 0 Å². The minimum absolute atomic E-state index is 0.000270. The van der Waals surface area contributed by atoms with E-state index in [1.165, 1.54) is 16.4 Å². The van der Waals surface area contributed by atoms with E-state index in [-0.39, 0.29) is 22.9 Å². The molecule has 0 aliphatic carbocycles. The first-order chi connectivity index (χ1) is 8.31. The quantitative estimate of drug-likeness (QED) is 0.897. The van der Waals surface area contributed by atoms with Crippen molar-refractivity contribution in [3.63, 3.8) is 0 Å². The number of sulfonamides is 1. The predicted octanol–water partition coefficient (Wildman–Crippen LogP) is 1.93. The van der Waals surface area contributed by atoms with E-state index in [0.29, 0.717) is 11.0 Å². The number of nitrogens with zero attached hydrogens (tertiary/aromatic N) is 1. The molecule has 0 aromatic heterocycles. The number of aromatic carboxylic acids is 1. The molecule has 1 unspecified atom stereocenters. The lowest BCUT2D eigenvalue weighted by atomic mass is 10.1.